The van der Waals surface area contributed by atoms with Gasteiger partial charge in [0.15, 0.2) is 17.6 Å². The van der Waals surface area contributed by atoms with Crippen LogP contribution in [0, 0.1) is 0 Å². The summed E-state index contributed by atoms with van der Waals surface area (Å²) >= 11 is 6.06. The minimum atomic E-state index is -1.45. The molecule has 0 aliphatic carbocycles. The number of carbonyl (C=O) groups excluding carboxylic acids is 1. The summed E-state index contributed by atoms with van der Waals surface area (Å²) in [4.78, 5) is 11.4. The van der Waals surface area contributed by atoms with E-state index >= 15 is 0 Å². The molecular weight excluding hydrogens is 260 g/mol. The lowest BCUT2D eigenvalue weighted by molar-refractivity contribution is -0.153. The molecule has 1 atom stereocenters. The fourth-order valence-corrected chi connectivity index (χ4v) is 1.80. The molecule has 6 heteroatoms. The second-order valence-corrected chi connectivity index (χ2v) is 3.74. The van der Waals surface area contributed by atoms with Crippen LogP contribution in [0.15, 0.2) is 12.1 Å². The van der Waals surface area contributed by atoms with E-state index in [1.54, 1.807) is 13.0 Å². The third-order valence-electron chi connectivity index (χ3n) is 2.32. The van der Waals surface area contributed by atoms with Crippen LogP contribution in [-0.4, -0.2) is 31.9 Å². The maximum atomic E-state index is 11.4. The SMILES string of the molecule is CCOC(=O)C(O)c1ccc(OC)c(OC)c1Cl. The molecular formula is C12H15ClO5. The summed E-state index contributed by atoms with van der Waals surface area (Å²) in [6.07, 6.45) is -1.45. The van der Waals surface area contributed by atoms with Gasteiger partial charge >= 0.3 is 5.97 Å². The normalized spacial score (nSPS) is 11.8. The van der Waals surface area contributed by atoms with Gasteiger partial charge in [0.25, 0.3) is 0 Å². The molecule has 1 unspecified atom stereocenters. The number of aliphatic hydroxyl groups excluding tert-OH is 1. The molecule has 0 aliphatic heterocycles. The van der Waals surface area contributed by atoms with E-state index in [2.05, 4.69) is 0 Å². The molecule has 0 heterocycles. The Morgan fingerprint density at radius 2 is 2.06 bits per heavy atom. The minimum absolute atomic E-state index is 0.123. The van der Waals surface area contributed by atoms with Crippen molar-refractivity contribution in [1.82, 2.24) is 0 Å². The summed E-state index contributed by atoms with van der Waals surface area (Å²) in [5, 5.41) is 9.95. The van der Waals surface area contributed by atoms with Crippen molar-refractivity contribution < 1.29 is 24.1 Å². The van der Waals surface area contributed by atoms with Crippen molar-refractivity contribution in [2.24, 2.45) is 0 Å². The summed E-state index contributed by atoms with van der Waals surface area (Å²) in [6.45, 7) is 1.83. The van der Waals surface area contributed by atoms with Gasteiger partial charge in [-0.1, -0.05) is 17.7 Å². The van der Waals surface area contributed by atoms with Gasteiger partial charge < -0.3 is 19.3 Å². The average molecular weight is 275 g/mol. The summed E-state index contributed by atoms with van der Waals surface area (Å²) < 4.78 is 14.9. The number of benzene rings is 1. The molecule has 100 valence electrons. The van der Waals surface area contributed by atoms with Gasteiger partial charge in [0, 0.05) is 5.56 Å². The zero-order valence-corrected chi connectivity index (χ0v) is 11.2. The van der Waals surface area contributed by atoms with Crippen molar-refractivity contribution in [2.45, 2.75) is 13.0 Å². The molecule has 5 nitrogen and oxygen atoms in total. The Morgan fingerprint density at radius 3 is 2.56 bits per heavy atom. The van der Waals surface area contributed by atoms with Gasteiger partial charge in [-0.3, -0.25) is 0 Å². The summed E-state index contributed by atoms with van der Waals surface area (Å²) in [5.41, 5.74) is 0.216. The zero-order valence-electron chi connectivity index (χ0n) is 10.4. The first-order chi connectivity index (χ1) is 8.56. The average Bonchev–Trinajstić information content (AvgIpc) is 2.37. The van der Waals surface area contributed by atoms with E-state index in [1.807, 2.05) is 0 Å². The Hall–Kier alpha value is -1.46. The van der Waals surface area contributed by atoms with Crippen molar-refractivity contribution in [3.8, 4) is 11.5 Å². The largest absolute Gasteiger partial charge is 0.493 e. The first-order valence-corrected chi connectivity index (χ1v) is 5.69. The molecule has 1 N–H and O–H groups in total. The summed E-state index contributed by atoms with van der Waals surface area (Å²) in [7, 11) is 2.89. The Labute approximate surface area is 110 Å². The van der Waals surface area contributed by atoms with E-state index in [1.165, 1.54) is 20.3 Å². The van der Waals surface area contributed by atoms with Gasteiger partial charge in [-0.25, -0.2) is 4.79 Å². The molecule has 0 fully saturated rings. The molecule has 18 heavy (non-hydrogen) atoms. The highest BCUT2D eigenvalue weighted by Crippen LogP contribution is 2.39. The predicted molar refractivity (Wildman–Crippen MR) is 66.1 cm³/mol. The quantitative estimate of drug-likeness (QED) is 0.832. The molecule has 0 aliphatic rings. The molecule has 1 aromatic carbocycles. The number of rotatable bonds is 5. The monoisotopic (exact) mass is 274 g/mol. The Balaban J connectivity index is 3.14. The highest BCUT2D eigenvalue weighted by molar-refractivity contribution is 6.33. The zero-order chi connectivity index (χ0) is 13.7. The standard InChI is InChI=1S/C12H15ClO5/c1-4-18-12(15)10(14)7-5-6-8(16-2)11(17-3)9(7)13/h5-6,10,14H,4H2,1-3H3. The van der Waals surface area contributed by atoms with Gasteiger partial charge in [0.05, 0.1) is 25.8 Å². The van der Waals surface area contributed by atoms with Gasteiger partial charge in [0.1, 0.15) is 0 Å². The number of ether oxygens (including phenoxy) is 3. The van der Waals surface area contributed by atoms with Crippen LogP contribution in [-0.2, 0) is 9.53 Å². The maximum Gasteiger partial charge on any atom is 0.339 e. The minimum Gasteiger partial charge on any atom is -0.493 e. The first-order valence-electron chi connectivity index (χ1n) is 5.31. The van der Waals surface area contributed by atoms with Crippen molar-refractivity contribution >= 4 is 17.6 Å². The predicted octanol–water partition coefficient (Wildman–Crippen LogP) is 1.95. The Kier molecular flexibility index (Phi) is 5.25. The summed E-state index contributed by atoms with van der Waals surface area (Å²) in [6, 6.07) is 3.05. The van der Waals surface area contributed by atoms with Crippen LogP contribution >= 0.6 is 11.6 Å². The third-order valence-corrected chi connectivity index (χ3v) is 2.71. The number of carbonyl (C=O) groups is 1. The molecule has 1 aromatic rings. The van der Waals surface area contributed by atoms with Crippen LogP contribution in [0.25, 0.3) is 0 Å². The van der Waals surface area contributed by atoms with Crippen molar-refractivity contribution in [2.75, 3.05) is 20.8 Å². The third kappa shape index (κ3) is 2.86. The van der Waals surface area contributed by atoms with E-state index in [9.17, 15) is 9.90 Å². The molecule has 0 saturated heterocycles. The number of methoxy groups -OCH3 is 2. The van der Waals surface area contributed by atoms with Gasteiger partial charge in [0.2, 0.25) is 0 Å². The fourth-order valence-electron chi connectivity index (χ4n) is 1.46. The topological polar surface area (TPSA) is 65.0 Å². The number of aliphatic hydroxyl groups is 1. The van der Waals surface area contributed by atoms with E-state index in [0.717, 1.165) is 0 Å². The lowest BCUT2D eigenvalue weighted by Gasteiger charge is -2.15. The molecule has 0 amide bonds. The number of esters is 1. The van der Waals surface area contributed by atoms with Crippen LogP contribution in [0.4, 0.5) is 0 Å². The lowest BCUT2D eigenvalue weighted by Crippen LogP contribution is -2.16. The number of hydrogen-bond acceptors (Lipinski definition) is 5. The number of hydrogen-bond donors (Lipinski definition) is 1. The van der Waals surface area contributed by atoms with E-state index in [-0.39, 0.29) is 22.9 Å². The second-order valence-electron chi connectivity index (χ2n) is 3.36. The van der Waals surface area contributed by atoms with E-state index < -0.39 is 12.1 Å². The van der Waals surface area contributed by atoms with E-state index in [4.69, 9.17) is 25.8 Å². The van der Waals surface area contributed by atoms with Crippen molar-refractivity contribution in [1.29, 1.82) is 0 Å². The van der Waals surface area contributed by atoms with Crippen LogP contribution < -0.4 is 9.47 Å². The van der Waals surface area contributed by atoms with E-state index in [0.29, 0.717) is 5.75 Å². The molecule has 0 spiro atoms. The lowest BCUT2D eigenvalue weighted by atomic mass is 10.1. The molecule has 0 aromatic heterocycles. The second kappa shape index (κ2) is 6.47. The van der Waals surface area contributed by atoms with Crippen LogP contribution in [0.5, 0.6) is 11.5 Å². The Bertz CT molecular complexity index is 433. The smallest absolute Gasteiger partial charge is 0.339 e. The maximum absolute atomic E-state index is 11.4. The molecule has 0 bridgehead atoms. The van der Waals surface area contributed by atoms with Gasteiger partial charge in [-0.05, 0) is 13.0 Å². The fraction of sp³-hybridized carbons (Fsp3) is 0.417. The highest BCUT2D eigenvalue weighted by Gasteiger charge is 2.24. The molecule has 0 saturated carbocycles. The van der Waals surface area contributed by atoms with Crippen LogP contribution in [0.1, 0.15) is 18.6 Å². The molecule has 1 rings (SSSR count). The van der Waals surface area contributed by atoms with Crippen molar-refractivity contribution in [3.63, 3.8) is 0 Å². The van der Waals surface area contributed by atoms with Gasteiger partial charge in [-0.15, -0.1) is 0 Å². The first kappa shape index (κ1) is 14.6. The highest BCUT2D eigenvalue weighted by atomic mass is 35.5. The van der Waals surface area contributed by atoms with Crippen LogP contribution in [0.3, 0.4) is 0 Å². The Morgan fingerprint density at radius 1 is 1.39 bits per heavy atom. The van der Waals surface area contributed by atoms with Crippen LogP contribution in [0.2, 0.25) is 5.02 Å². The summed E-state index contributed by atoms with van der Waals surface area (Å²) in [5.74, 6) is -0.0751. The molecule has 0 radical (unpaired) electrons. The van der Waals surface area contributed by atoms with Gasteiger partial charge in [-0.2, -0.15) is 0 Å². The number of halogens is 1. The van der Waals surface area contributed by atoms with Crippen molar-refractivity contribution in [3.05, 3.63) is 22.7 Å².